The molecule has 1 amide bonds. The van der Waals surface area contributed by atoms with Crippen LogP contribution in [0.5, 0.6) is 0 Å². The van der Waals surface area contributed by atoms with Gasteiger partial charge in [-0.1, -0.05) is 12.1 Å². The summed E-state index contributed by atoms with van der Waals surface area (Å²) in [6, 6.07) is 7.78. The van der Waals surface area contributed by atoms with Crippen molar-refractivity contribution in [2.24, 2.45) is 0 Å². The number of amides is 1. The Hall–Kier alpha value is -1.14. The van der Waals surface area contributed by atoms with E-state index in [1.165, 1.54) is 17.1 Å². The van der Waals surface area contributed by atoms with E-state index in [1.54, 1.807) is 11.9 Å². The van der Waals surface area contributed by atoms with Gasteiger partial charge in [0.25, 0.3) is 5.91 Å². The third-order valence-corrected chi connectivity index (χ3v) is 6.39. The summed E-state index contributed by atoms with van der Waals surface area (Å²) in [5, 5.41) is 8.61. The summed E-state index contributed by atoms with van der Waals surface area (Å²) >= 11 is 3.88. The maximum atomic E-state index is 12.2. The fraction of sp³-hybridized carbons (Fsp3) is 0.467. The first-order valence-electron chi connectivity index (χ1n) is 6.88. The number of carboxylic acid groups (broad SMARTS) is 1. The van der Waals surface area contributed by atoms with E-state index in [2.05, 4.69) is 0 Å². The molecule has 0 aromatic heterocycles. The minimum atomic E-state index is -0.827. The summed E-state index contributed by atoms with van der Waals surface area (Å²) in [6.45, 7) is 0.460. The molecule has 0 atom stereocenters. The topological polar surface area (TPSA) is 57.6 Å². The molecular formula is C15H19NO3S2. The van der Waals surface area contributed by atoms with Gasteiger partial charge in [0.2, 0.25) is 0 Å². The van der Waals surface area contributed by atoms with Crippen molar-refractivity contribution in [3.63, 3.8) is 0 Å². The summed E-state index contributed by atoms with van der Waals surface area (Å²) in [6.07, 6.45) is 0.567. The first-order valence-corrected chi connectivity index (χ1v) is 8.98. The number of hydrogen-bond acceptors (Lipinski definition) is 4. The highest BCUT2D eigenvalue weighted by atomic mass is 32.2. The molecule has 2 rings (SSSR count). The van der Waals surface area contributed by atoms with Crippen LogP contribution in [0.2, 0.25) is 0 Å². The zero-order valence-corrected chi connectivity index (χ0v) is 13.6. The zero-order chi connectivity index (χ0) is 15.2. The summed E-state index contributed by atoms with van der Waals surface area (Å²) in [4.78, 5) is 24.3. The lowest BCUT2D eigenvalue weighted by atomic mass is 10.1. The lowest BCUT2D eigenvalue weighted by Gasteiger charge is -2.17. The Morgan fingerprint density at radius 1 is 1.24 bits per heavy atom. The van der Waals surface area contributed by atoms with Crippen LogP contribution in [-0.4, -0.2) is 47.0 Å². The first kappa shape index (κ1) is 16.2. The third-order valence-electron chi connectivity index (χ3n) is 3.28. The average Bonchev–Trinajstić information content (AvgIpc) is 3.00. The fourth-order valence-electron chi connectivity index (χ4n) is 2.12. The molecule has 1 aromatic carbocycles. The molecule has 1 fully saturated rings. The van der Waals surface area contributed by atoms with Crippen LogP contribution in [0, 0.1) is 0 Å². The molecular weight excluding hydrogens is 306 g/mol. The van der Waals surface area contributed by atoms with Crippen molar-refractivity contribution in [1.82, 2.24) is 4.90 Å². The summed E-state index contributed by atoms with van der Waals surface area (Å²) in [5.41, 5.74) is 1.91. The Bertz CT molecular complexity index is 498. The molecule has 1 aliphatic rings. The average molecular weight is 325 g/mol. The van der Waals surface area contributed by atoms with Gasteiger partial charge in [0, 0.05) is 37.1 Å². The normalized spacial score (nSPS) is 15.1. The van der Waals surface area contributed by atoms with Crippen LogP contribution < -0.4 is 0 Å². The van der Waals surface area contributed by atoms with Crippen molar-refractivity contribution < 1.29 is 14.7 Å². The van der Waals surface area contributed by atoms with Gasteiger partial charge in [-0.05, 0) is 24.1 Å². The second-order valence-electron chi connectivity index (χ2n) is 4.92. The van der Waals surface area contributed by atoms with Crippen molar-refractivity contribution >= 4 is 35.4 Å². The molecule has 1 aromatic rings. The number of thioether (sulfide) groups is 2. The molecule has 1 N–H and O–H groups in total. The highest BCUT2D eigenvalue weighted by Gasteiger charge is 2.19. The first-order chi connectivity index (χ1) is 10.1. The van der Waals surface area contributed by atoms with E-state index in [0.717, 1.165) is 0 Å². The van der Waals surface area contributed by atoms with Crippen molar-refractivity contribution in [1.29, 1.82) is 0 Å². The lowest BCUT2D eigenvalue weighted by molar-refractivity contribution is -0.137. The van der Waals surface area contributed by atoms with Crippen LogP contribution in [0.25, 0.3) is 0 Å². The number of hydrogen-bond donors (Lipinski definition) is 1. The minimum absolute atomic E-state index is 0.0568. The lowest BCUT2D eigenvalue weighted by Crippen LogP contribution is -2.28. The van der Waals surface area contributed by atoms with Crippen LogP contribution in [0.4, 0.5) is 0 Å². The number of benzene rings is 1. The molecule has 0 spiro atoms. The molecule has 0 unspecified atom stereocenters. The van der Waals surface area contributed by atoms with Crippen LogP contribution in [0.3, 0.4) is 0 Å². The molecule has 0 aliphatic carbocycles. The Kier molecular flexibility index (Phi) is 5.99. The van der Waals surface area contributed by atoms with Crippen molar-refractivity contribution in [3.8, 4) is 0 Å². The third kappa shape index (κ3) is 4.68. The van der Waals surface area contributed by atoms with Gasteiger partial charge >= 0.3 is 5.97 Å². The summed E-state index contributed by atoms with van der Waals surface area (Å²) in [5.74, 6) is 1.48. The zero-order valence-electron chi connectivity index (χ0n) is 11.9. The van der Waals surface area contributed by atoms with Gasteiger partial charge in [-0.25, -0.2) is 0 Å². The van der Waals surface area contributed by atoms with Crippen LogP contribution in [0.1, 0.15) is 33.3 Å². The monoisotopic (exact) mass is 325 g/mol. The van der Waals surface area contributed by atoms with E-state index < -0.39 is 5.97 Å². The Balaban J connectivity index is 1.91. The number of carboxylic acids is 1. The molecule has 1 saturated heterocycles. The van der Waals surface area contributed by atoms with Crippen molar-refractivity contribution in [2.75, 3.05) is 25.1 Å². The highest BCUT2D eigenvalue weighted by Crippen LogP contribution is 2.45. The van der Waals surface area contributed by atoms with Crippen LogP contribution in [-0.2, 0) is 4.79 Å². The standard InChI is InChI=1S/C15H19NO3S2/c1-16(8-2-3-13(17)18)14(19)11-4-6-12(7-5-11)15-20-9-10-21-15/h4-7,15H,2-3,8-10H2,1H3,(H,17,18). The van der Waals surface area contributed by atoms with Gasteiger partial charge in [0.15, 0.2) is 0 Å². The predicted octanol–water partition coefficient (Wildman–Crippen LogP) is 3.10. The van der Waals surface area contributed by atoms with Gasteiger partial charge in [0.05, 0.1) is 4.58 Å². The van der Waals surface area contributed by atoms with E-state index in [0.29, 0.717) is 23.1 Å². The van der Waals surface area contributed by atoms with Crippen LogP contribution >= 0.6 is 23.5 Å². The number of carbonyl (C=O) groups excluding carboxylic acids is 1. The summed E-state index contributed by atoms with van der Waals surface area (Å²) < 4.78 is 0.488. The van der Waals surface area contributed by atoms with Gasteiger partial charge in [-0.15, -0.1) is 23.5 Å². The molecule has 0 bridgehead atoms. The van der Waals surface area contributed by atoms with Crippen molar-refractivity contribution in [2.45, 2.75) is 17.4 Å². The maximum Gasteiger partial charge on any atom is 0.303 e. The van der Waals surface area contributed by atoms with E-state index in [4.69, 9.17) is 5.11 Å². The smallest absolute Gasteiger partial charge is 0.303 e. The number of nitrogens with zero attached hydrogens (tertiary/aromatic N) is 1. The largest absolute Gasteiger partial charge is 0.481 e. The van der Waals surface area contributed by atoms with E-state index in [1.807, 2.05) is 47.8 Å². The van der Waals surface area contributed by atoms with E-state index in [-0.39, 0.29) is 12.3 Å². The molecule has 114 valence electrons. The Morgan fingerprint density at radius 2 is 1.86 bits per heavy atom. The minimum Gasteiger partial charge on any atom is -0.481 e. The van der Waals surface area contributed by atoms with Gasteiger partial charge in [-0.3, -0.25) is 9.59 Å². The maximum absolute atomic E-state index is 12.2. The Morgan fingerprint density at radius 3 is 2.43 bits per heavy atom. The van der Waals surface area contributed by atoms with Crippen LogP contribution in [0.15, 0.2) is 24.3 Å². The van der Waals surface area contributed by atoms with Crippen molar-refractivity contribution in [3.05, 3.63) is 35.4 Å². The molecule has 6 heteroatoms. The van der Waals surface area contributed by atoms with E-state index >= 15 is 0 Å². The molecule has 1 heterocycles. The Labute approximate surface area is 133 Å². The predicted molar refractivity (Wildman–Crippen MR) is 87.9 cm³/mol. The summed E-state index contributed by atoms with van der Waals surface area (Å²) in [7, 11) is 1.71. The second kappa shape index (κ2) is 7.75. The van der Waals surface area contributed by atoms with Gasteiger partial charge in [0.1, 0.15) is 0 Å². The molecule has 4 nitrogen and oxygen atoms in total. The molecule has 21 heavy (non-hydrogen) atoms. The van der Waals surface area contributed by atoms with Gasteiger partial charge in [-0.2, -0.15) is 0 Å². The number of carbonyl (C=O) groups is 2. The molecule has 1 aliphatic heterocycles. The SMILES string of the molecule is CN(CCCC(=O)O)C(=O)c1ccc(C2SCCS2)cc1. The van der Waals surface area contributed by atoms with E-state index in [9.17, 15) is 9.59 Å². The quantitative estimate of drug-likeness (QED) is 0.871. The fourth-order valence-corrected chi connectivity index (χ4v) is 4.98. The number of aliphatic carboxylic acids is 1. The molecule has 0 radical (unpaired) electrons. The second-order valence-corrected chi connectivity index (χ2v) is 7.64. The molecule has 0 saturated carbocycles. The highest BCUT2D eigenvalue weighted by molar-refractivity contribution is 8.19. The van der Waals surface area contributed by atoms with Gasteiger partial charge < -0.3 is 10.0 Å². The number of rotatable bonds is 6.